The summed E-state index contributed by atoms with van der Waals surface area (Å²) < 4.78 is 0. The number of anilines is 1. The molecule has 0 saturated carbocycles. The molecule has 1 saturated heterocycles. The van der Waals surface area contributed by atoms with Crippen LogP contribution in [0.1, 0.15) is 22.7 Å². The number of Topliss-reactive ketones (excluding diaryl/α,β-unsaturated/α-hetero) is 1. The lowest BCUT2D eigenvalue weighted by atomic mass is 9.95. The van der Waals surface area contributed by atoms with E-state index in [1.54, 1.807) is 60.9 Å². The summed E-state index contributed by atoms with van der Waals surface area (Å²) in [5, 5.41) is 22.3. The first-order chi connectivity index (χ1) is 16.1. The van der Waals surface area contributed by atoms with Crippen LogP contribution in [0.25, 0.3) is 16.5 Å². The minimum atomic E-state index is -0.863. The number of benzene rings is 3. The second-order valence-corrected chi connectivity index (χ2v) is 7.68. The van der Waals surface area contributed by atoms with Crippen LogP contribution < -0.4 is 4.90 Å². The molecule has 6 heteroatoms. The molecule has 1 unspecified atom stereocenters. The van der Waals surface area contributed by atoms with Gasteiger partial charge in [0.15, 0.2) is 0 Å². The third-order valence-electron chi connectivity index (χ3n) is 5.74. The van der Waals surface area contributed by atoms with Crippen LogP contribution in [-0.4, -0.2) is 21.8 Å². The van der Waals surface area contributed by atoms with Crippen molar-refractivity contribution in [2.24, 2.45) is 0 Å². The van der Waals surface area contributed by atoms with Crippen LogP contribution >= 0.6 is 0 Å². The molecule has 4 aromatic rings. The van der Waals surface area contributed by atoms with Crippen molar-refractivity contribution >= 4 is 33.9 Å². The Balaban J connectivity index is 1.71. The highest BCUT2D eigenvalue weighted by molar-refractivity contribution is 6.51. The normalized spacial score (nSPS) is 17.3. The van der Waals surface area contributed by atoms with E-state index in [1.165, 1.54) is 4.90 Å². The molecule has 2 heterocycles. The van der Waals surface area contributed by atoms with Crippen molar-refractivity contribution in [2.45, 2.75) is 6.04 Å². The summed E-state index contributed by atoms with van der Waals surface area (Å²) in [5.74, 6) is -1.78. The number of aromatic nitrogens is 1. The Morgan fingerprint density at radius 3 is 2.39 bits per heavy atom. The Hall–Kier alpha value is -4.76. The van der Waals surface area contributed by atoms with Crippen molar-refractivity contribution < 1.29 is 14.7 Å². The molecule has 1 aromatic heterocycles. The molecule has 1 aliphatic rings. The summed E-state index contributed by atoms with van der Waals surface area (Å²) in [6.07, 6.45) is 3.17. The van der Waals surface area contributed by atoms with Gasteiger partial charge in [0.25, 0.3) is 11.7 Å². The largest absolute Gasteiger partial charge is 0.507 e. The monoisotopic (exact) mass is 431 g/mol. The van der Waals surface area contributed by atoms with Gasteiger partial charge < -0.3 is 5.11 Å². The lowest BCUT2D eigenvalue weighted by molar-refractivity contribution is -0.132. The topological polar surface area (TPSA) is 94.3 Å². The molecule has 1 atom stereocenters. The number of aliphatic hydroxyl groups is 1. The van der Waals surface area contributed by atoms with E-state index in [-0.39, 0.29) is 11.3 Å². The second kappa shape index (κ2) is 8.06. The first kappa shape index (κ1) is 20.2. The van der Waals surface area contributed by atoms with E-state index >= 15 is 0 Å². The van der Waals surface area contributed by atoms with Crippen molar-refractivity contribution in [1.82, 2.24) is 4.98 Å². The molecule has 0 bridgehead atoms. The second-order valence-electron chi connectivity index (χ2n) is 7.68. The van der Waals surface area contributed by atoms with Gasteiger partial charge in [0.05, 0.1) is 23.2 Å². The van der Waals surface area contributed by atoms with Crippen LogP contribution in [0.4, 0.5) is 5.69 Å². The number of rotatable bonds is 3. The molecule has 158 valence electrons. The summed E-state index contributed by atoms with van der Waals surface area (Å²) in [6.45, 7) is 0. The van der Waals surface area contributed by atoms with Crippen molar-refractivity contribution in [3.63, 3.8) is 0 Å². The number of nitriles is 1. The molecule has 0 aliphatic carbocycles. The summed E-state index contributed by atoms with van der Waals surface area (Å²) in [7, 11) is 0. The first-order valence-electron chi connectivity index (χ1n) is 10.3. The van der Waals surface area contributed by atoms with Gasteiger partial charge in [0.1, 0.15) is 5.76 Å². The fourth-order valence-electron chi connectivity index (χ4n) is 4.14. The van der Waals surface area contributed by atoms with Crippen LogP contribution in [0.2, 0.25) is 0 Å². The number of amides is 1. The predicted octanol–water partition coefficient (Wildman–Crippen LogP) is 4.73. The fourth-order valence-corrected chi connectivity index (χ4v) is 4.14. The molecular weight excluding hydrogens is 414 g/mol. The van der Waals surface area contributed by atoms with Crippen LogP contribution in [-0.2, 0) is 9.59 Å². The molecule has 3 aromatic carbocycles. The maximum absolute atomic E-state index is 13.2. The van der Waals surface area contributed by atoms with Crippen LogP contribution in [0.5, 0.6) is 0 Å². The highest BCUT2D eigenvalue weighted by Gasteiger charge is 2.47. The molecule has 5 rings (SSSR count). The Morgan fingerprint density at radius 1 is 0.939 bits per heavy atom. The van der Waals surface area contributed by atoms with Gasteiger partial charge >= 0.3 is 0 Å². The van der Waals surface area contributed by atoms with Crippen molar-refractivity contribution in [1.29, 1.82) is 5.26 Å². The third kappa shape index (κ3) is 3.42. The highest BCUT2D eigenvalue weighted by atomic mass is 16.3. The Morgan fingerprint density at radius 2 is 1.70 bits per heavy atom. The number of aliphatic hydroxyl groups excluding tert-OH is 1. The van der Waals surface area contributed by atoms with Gasteiger partial charge in [0.2, 0.25) is 0 Å². The SMILES string of the molecule is N#Cc1ccc(N2C(=O)C(=O)/C(=C(\O)c3ccc4ccccc4c3)C2c2cccnc2)cc1. The molecule has 1 N–H and O–H groups in total. The number of fused-ring (bicyclic) bond motifs is 1. The molecule has 33 heavy (non-hydrogen) atoms. The molecule has 0 radical (unpaired) electrons. The van der Waals surface area contributed by atoms with Gasteiger partial charge in [-0.05, 0) is 52.7 Å². The summed E-state index contributed by atoms with van der Waals surface area (Å²) in [6, 6.07) is 24.1. The van der Waals surface area contributed by atoms with E-state index in [0.29, 0.717) is 22.4 Å². The van der Waals surface area contributed by atoms with Gasteiger partial charge in [-0.1, -0.05) is 42.5 Å². The van der Waals surface area contributed by atoms with Crippen LogP contribution in [0.15, 0.2) is 96.8 Å². The average Bonchev–Trinajstić information content (AvgIpc) is 3.14. The molecule has 0 spiro atoms. The smallest absolute Gasteiger partial charge is 0.300 e. The lowest BCUT2D eigenvalue weighted by Crippen LogP contribution is -2.29. The Kier molecular flexibility index (Phi) is 4.92. The quantitative estimate of drug-likeness (QED) is 0.287. The maximum Gasteiger partial charge on any atom is 0.300 e. The molecule has 1 amide bonds. The minimum absolute atomic E-state index is 0.00681. The van der Waals surface area contributed by atoms with E-state index in [9.17, 15) is 14.7 Å². The first-order valence-corrected chi connectivity index (χ1v) is 10.3. The van der Waals surface area contributed by atoms with Gasteiger partial charge in [-0.3, -0.25) is 19.5 Å². The van der Waals surface area contributed by atoms with Gasteiger partial charge in [-0.2, -0.15) is 5.26 Å². The number of pyridine rings is 1. The van der Waals surface area contributed by atoms with E-state index in [0.717, 1.165) is 10.8 Å². The number of carbonyl (C=O) groups is 2. The van der Waals surface area contributed by atoms with Crippen molar-refractivity contribution in [3.8, 4) is 6.07 Å². The Bertz CT molecular complexity index is 1470. The van der Waals surface area contributed by atoms with Crippen LogP contribution in [0, 0.1) is 11.3 Å². The molecule has 6 nitrogen and oxygen atoms in total. The zero-order valence-electron chi connectivity index (χ0n) is 17.3. The maximum atomic E-state index is 13.2. The average molecular weight is 431 g/mol. The molecular formula is C27H17N3O3. The fraction of sp³-hybridized carbons (Fsp3) is 0.0370. The zero-order chi connectivity index (χ0) is 22.9. The summed E-state index contributed by atoms with van der Waals surface area (Å²) in [5.41, 5.74) is 1.91. The van der Waals surface area contributed by atoms with Crippen molar-refractivity contribution in [2.75, 3.05) is 4.90 Å². The Labute approximate surface area is 189 Å². The standard InChI is InChI=1S/C27H17N3O3/c28-15-17-7-11-22(12-8-17)30-24(21-6-3-13-29-16-21)23(26(32)27(30)33)25(31)20-10-9-18-4-1-2-5-19(18)14-20/h1-14,16,24,31H/b25-23-. The van der Waals surface area contributed by atoms with Gasteiger partial charge in [0, 0.05) is 23.6 Å². The number of carbonyl (C=O) groups excluding carboxylic acids is 2. The van der Waals surface area contributed by atoms with Crippen LogP contribution in [0.3, 0.4) is 0 Å². The highest BCUT2D eigenvalue weighted by Crippen LogP contribution is 2.42. The molecule has 1 fully saturated rings. The van der Waals surface area contributed by atoms with E-state index in [2.05, 4.69) is 4.98 Å². The number of hydrogen-bond donors (Lipinski definition) is 1. The number of hydrogen-bond acceptors (Lipinski definition) is 5. The zero-order valence-corrected chi connectivity index (χ0v) is 17.3. The predicted molar refractivity (Wildman–Crippen MR) is 124 cm³/mol. The van der Waals surface area contributed by atoms with Gasteiger partial charge in [-0.25, -0.2) is 0 Å². The van der Waals surface area contributed by atoms with Gasteiger partial charge in [-0.15, -0.1) is 0 Å². The summed E-state index contributed by atoms with van der Waals surface area (Å²) >= 11 is 0. The molecule has 1 aliphatic heterocycles. The number of ketones is 1. The summed E-state index contributed by atoms with van der Waals surface area (Å²) in [4.78, 5) is 31.8. The minimum Gasteiger partial charge on any atom is -0.507 e. The van der Waals surface area contributed by atoms with E-state index in [1.807, 2.05) is 36.4 Å². The third-order valence-corrected chi connectivity index (χ3v) is 5.74. The lowest BCUT2D eigenvalue weighted by Gasteiger charge is -2.25. The van der Waals surface area contributed by atoms with E-state index < -0.39 is 17.7 Å². The number of nitrogens with zero attached hydrogens (tertiary/aromatic N) is 3. The van der Waals surface area contributed by atoms with E-state index in [4.69, 9.17) is 5.26 Å². The van der Waals surface area contributed by atoms with Crippen molar-refractivity contribution in [3.05, 3.63) is 114 Å².